The van der Waals surface area contributed by atoms with E-state index in [4.69, 9.17) is 27.6 Å². The van der Waals surface area contributed by atoms with Gasteiger partial charge in [-0.15, -0.1) is 0 Å². The molecule has 6 heteroatoms. The average molecular weight is 415 g/mol. The summed E-state index contributed by atoms with van der Waals surface area (Å²) in [5.41, 5.74) is 1.58. The van der Waals surface area contributed by atoms with Crippen molar-refractivity contribution in [2.45, 2.75) is 83.2 Å². The minimum Gasteiger partial charge on any atom is -0.409 e. The van der Waals surface area contributed by atoms with Crippen LogP contribution in [-0.2, 0) is 4.43 Å². The molecule has 26 heavy (non-hydrogen) atoms. The fourth-order valence-corrected chi connectivity index (χ4v) is 8.13. The van der Waals surface area contributed by atoms with Crippen molar-refractivity contribution in [1.29, 1.82) is 0 Å². The first-order valence-corrected chi connectivity index (χ1v) is 13.4. The van der Waals surface area contributed by atoms with E-state index in [0.29, 0.717) is 21.5 Å². The Morgan fingerprint density at radius 1 is 1.15 bits per heavy atom. The van der Waals surface area contributed by atoms with Crippen LogP contribution in [0.3, 0.4) is 0 Å². The van der Waals surface area contributed by atoms with Crippen LogP contribution in [0.2, 0.25) is 28.2 Å². The van der Waals surface area contributed by atoms with Crippen molar-refractivity contribution in [2.24, 2.45) is 5.41 Å². The second-order valence-corrected chi connectivity index (χ2v) is 13.8. The van der Waals surface area contributed by atoms with Gasteiger partial charge in [0, 0.05) is 30.5 Å². The van der Waals surface area contributed by atoms with E-state index in [-0.39, 0.29) is 6.10 Å². The van der Waals surface area contributed by atoms with Gasteiger partial charge in [-0.25, -0.2) is 0 Å². The molecule has 1 aromatic heterocycles. The number of pyridine rings is 1. The average Bonchev–Trinajstić information content (AvgIpc) is 2.56. The maximum absolute atomic E-state index is 6.82. The Hall–Kier alpha value is -0.133. The number of hydrogen-bond donors (Lipinski definition) is 1. The van der Waals surface area contributed by atoms with Crippen LogP contribution in [0, 0.1) is 5.41 Å². The number of hydrogen-bond acceptors (Lipinski definition) is 3. The minimum absolute atomic E-state index is 0.0949. The molecule has 3 rings (SSSR count). The molecule has 1 unspecified atom stereocenters. The third-order valence-electron chi connectivity index (χ3n) is 6.90. The summed E-state index contributed by atoms with van der Waals surface area (Å²) in [6.45, 7) is 7.54. The van der Waals surface area contributed by atoms with Gasteiger partial charge in [-0.05, 0) is 49.2 Å². The van der Waals surface area contributed by atoms with Crippen molar-refractivity contribution >= 4 is 31.5 Å². The van der Waals surface area contributed by atoms with Gasteiger partial charge in [-0.2, -0.15) is 0 Å². The molecule has 3 nitrogen and oxygen atoms in total. The first-order valence-electron chi connectivity index (χ1n) is 10.2. The monoisotopic (exact) mass is 414 g/mol. The maximum Gasteiger partial charge on any atom is 0.192 e. The molecule has 0 radical (unpaired) electrons. The molecule has 1 N–H and O–H groups in total. The van der Waals surface area contributed by atoms with Gasteiger partial charge in [0.25, 0.3) is 0 Å². The van der Waals surface area contributed by atoms with Crippen molar-refractivity contribution in [2.75, 3.05) is 6.54 Å². The molecule has 2 aliphatic rings. The molecule has 0 saturated heterocycles. The minimum atomic E-state index is -1.78. The highest BCUT2D eigenvalue weighted by atomic mass is 35.5. The van der Waals surface area contributed by atoms with Crippen molar-refractivity contribution < 1.29 is 4.43 Å². The van der Waals surface area contributed by atoms with Gasteiger partial charge in [0.2, 0.25) is 0 Å². The molecule has 2 fully saturated rings. The van der Waals surface area contributed by atoms with Crippen LogP contribution in [0.1, 0.15) is 64.5 Å². The summed E-state index contributed by atoms with van der Waals surface area (Å²) in [5.74, 6) is 0. The van der Waals surface area contributed by atoms with Crippen LogP contribution in [0.25, 0.3) is 0 Å². The highest BCUT2D eigenvalue weighted by Crippen LogP contribution is 2.55. The lowest BCUT2D eigenvalue weighted by molar-refractivity contribution is -0.00565. The van der Waals surface area contributed by atoms with Crippen molar-refractivity contribution in [3.05, 3.63) is 28.0 Å². The Bertz CT molecular complexity index is 583. The third kappa shape index (κ3) is 4.15. The normalized spacial score (nSPS) is 20.7. The molecule has 2 saturated carbocycles. The molecular formula is C20H32Cl2N2OSi. The Kier molecular flexibility index (Phi) is 6.72. The molecule has 1 aromatic rings. The molecule has 0 aromatic carbocycles. The Morgan fingerprint density at radius 3 is 2.19 bits per heavy atom. The van der Waals surface area contributed by atoms with Gasteiger partial charge in [-0.1, -0.05) is 50.4 Å². The zero-order chi connectivity index (χ0) is 18.8. The Labute approximate surface area is 169 Å². The fraction of sp³-hybridized carbons (Fsp3) is 0.750. The lowest BCUT2D eigenvalue weighted by Crippen LogP contribution is -2.53. The highest BCUT2D eigenvalue weighted by Gasteiger charge is 2.48. The maximum atomic E-state index is 6.82. The topological polar surface area (TPSA) is 34.1 Å². The molecule has 2 aliphatic carbocycles. The van der Waals surface area contributed by atoms with E-state index in [1.165, 1.54) is 32.1 Å². The second kappa shape index (κ2) is 8.48. The number of nitrogens with one attached hydrogen (secondary N) is 1. The number of aromatic nitrogens is 1. The first-order chi connectivity index (χ1) is 12.5. The predicted octanol–water partition coefficient (Wildman–Crippen LogP) is 6.37. The summed E-state index contributed by atoms with van der Waals surface area (Å²) >= 11 is 13.0. The smallest absolute Gasteiger partial charge is 0.192 e. The first kappa shape index (κ1) is 20.6. The van der Waals surface area contributed by atoms with Crippen molar-refractivity contribution in [3.63, 3.8) is 0 Å². The van der Waals surface area contributed by atoms with Crippen LogP contribution in [0.4, 0.5) is 0 Å². The fourth-order valence-electron chi connectivity index (χ4n) is 4.72. The second-order valence-electron chi connectivity index (χ2n) is 8.23. The Balaban J connectivity index is 1.73. The van der Waals surface area contributed by atoms with Crippen LogP contribution in [0.5, 0.6) is 0 Å². The van der Waals surface area contributed by atoms with Gasteiger partial charge in [-0.3, -0.25) is 4.98 Å². The van der Waals surface area contributed by atoms with Crippen LogP contribution < -0.4 is 5.32 Å². The van der Waals surface area contributed by atoms with Crippen LogP contribution in [-0.4, -0.2) is 25.9 Å². The molecule has 0 amide bonds. The van der Waals surface area contributed by atoms with Crippen LogP contribution in [0.15, 0.2) is 12.4 Å². The summed E-state index contributed by atoms with van der Waals surface area (Å²) in [7, 11) is -1.78. The summed E-state index contributed by atoms with van der Waals surface area (Å²) in [4.78, 5) is 4.12. The van der Waals surface area contributed by atoms with Gasteiger partial charge in [0.15, 0.2) is 8.32 Å². The van der Waals surface area contributed by atoms with E-state index < -0.39 is 8.32 Å². The quantitative estimate of drug-likeness (QED) is 0.476. The molecule has 1 heterocycles. The number of rotatable bonds is 9. The zero-order valence-corrected chi connectivity index (χ0v) is 18.8. The lowest BCUT2D eigenvalue weighted by Gasteiger charge is -2.54. The molecule has 0 aliphatic heterocycles. The third-order valence-corrected chi connectivity index (χ3v) is 12.2. The number of nitrogens with zero attached hydrogens (tertiary/aromatic N) is 1. The summed E-state index contributed by atoms with van der Waals surface area (Å²) in [6, 6.07) is 3.96. The van der Waals surface area contributed by atoms with E-state index in [2.05, 4.69) is 31.1 Å². The summed E-state index contributed by atoms with van der Waals surface area (Å²) in [5, 5.41) is 4.97. The molecule has 1 atom stereocenters. The molecule has 0 bridgehead atoms. The lowest BCUT2D eigenvalue weighted by atomic mass is 9.54. The highest BCUT2D eigenvalue weighted by molar-refractivity contribution is 6.73. The van der Waals surface area contributed by atoms with Gasteiger partial charge >= 0.3 is 0 Å². The van der Waals surface area contributed by atoms with Gasteiger partial charge in [0.1, 0.15) is 0 Å². The van der Waals surface area contributed by atoms with E-state index in [1.807, 2.05) is 0 Å². The van der Waals surface area contributed by atoms with E-state index in [1.54, 1.807) is 12.4 Å². The van der Waals surface area contributed by atoms with E-state index >= 15 is 0 Å². The SMILES string of the molecule is CC[Si](CC)(CC)OC(CNC1CC2(CCC2)C1)c1c(Cl)cncc1Cl. The van der Waals surface area contributed by atoms with E-state index in [9.17, 15) is 0 Å². The van der Waals surface area contributed by atoms with Gasteiger partial charge in [0.05, 0.1) is 16.1 Å². The van der Waals surface area contributed by atoms with E-state index in [0.717, 1.165) is 30.2 Å². The zero-order valence-electron chi connectivity index (χ0n) is 16.3. The van der Waals surface area contributed by atoms with Crippen molar-refractivity contribution in [3.8, 4) is 0 Å². The number of halogens is 2. The summed E-state index contributed by atoms with van der Waals surface area (Å²) < 4.78 is 6.82. The standard InChI is InChI=1S/C20H32Cl2N2OSi/c1-4-26(5-2,6-3)25-18(19-16(21)12-23-13-17(19)22)14-24-15-10-20(11-15)8-7-9-20/h12-13,15,18,24H,4-11,14H2,1-3H3. The largest absolute Gasteiger partial charge is 0.409 e. The predicted molar refractivity (Wildman–Crippen MR) is 113 cm³/mol. The summed E-state index contributed by atoms with van der Waals surface area (Å²) in [6.07, 6.45) is 10.2. The Morgan fingerprint density at radius 2 is 1.73 bits per heavy atom. The molecular weight excluding hydrogens is 383 g/mol. The molecule has 1 spiro atoms. The van der Waals surface area contributed by atoms with Gasteiger partial charge < -0.3 is 9.74 Å². The van der Waals surface area contributed by atoms with Crippen molar-refractivity contribution in [1.82, 2.24) is 10.3 Å². The van der Waals surface area contributed by atoms with Crippen LogP contribution >= 0.6 is 23.2 Å². The molecule has 146 valence electrons.